The van der Waals surface area contributed by atoms with Crippen LogP contribution in [0, 0.1) is 0 Å². The maximum absolute atomic E-state index is 11.7. The van der Waals surface area contributed by atoms with Crippen LogP contribution in [0.25, 0.3) is 5.52 Å². The lowest BCUT2D eigenvalue weighted by Crippen LogP contribution is -2.35. The Bertz CT molecular complexity index is 937. The average molecular weight is 358 g/mol. The largest absolute Gasteiger partial charge is 0.445 e. The van der Waals surface area contributed by atoms with Gasteiger partial charge in [-0.05, 0) is 11.6 Å². The van der Waals surface area contributed by atoms with Gasteiger partial charge >= 0.3 is 6.09 Å². The van der Waals surface area contributed by atoms with Crippen molar-refractivity contribution in [1.82, 2.24) is 19.9 Å². The van der Waals surface area contributed by atoms with Crippen molar-refractivity contribution >= 4 is 11.6 Å². The normalized spacial score (nSPS) is 13.3. The van der Waals surface area contributed by atoms with E-state index in [1.165, 1.54) is 23.1 Å². The summed E-state index contributed by atoms with van der Waals surface area (Å²) in [6.07, 6.45) is -0.625. The number of ether oxygens (including phenoxy) is 1. The SMILES string of the molecule is O=C(NCC(O)C(O)c1cc2c(=O)[nH]cnn2c1)OCc1ccccc1. The first-order chi connectivity index (χ1) is 12.5. The number of hydrogen-bond acceptors (Lipinski definition) is 6. The quantitative estimate of drug-likeness (QED) is 0.503. The molecule has 2 aromatic heterocycles. The summed E-state index contributed by atoms with van der Waals surface area (Å²) in [4.78, 5) is 25.8. The number of carbonyl (C=O) groups is 1. The summed E-state index contributed by atoms with van der Waals surface area (Å²) in [6.45, 7) is -0.116. The molecular formula is C17H18N4O5. The molecule has 9 nitrogen and oxygen atoms in total. The van der Waals surface area contributed by atoms with Crippen molar-refractivity contribution in [1.29, 1.82) is 0 Å². The topological polar surface area (TPSA) is 129 Å². The zero-order valence-electron chi connectivity index (χ0n) is 13.7. The Morgan fingerprint density at radius 3 is 2.81 bits per heavy atom. The van der Waals surface area contributed by atoms with E-state index in [-0.39, 0.29) is 24.2 Å². The van der Waals surface area contributed by atoms with Crippen molar-refractivity contribution < 1.29 is 19.7 Å². The molecule has 0 bridgehead atoms. The molecular weight excluding hydrogens is 340 g/mol. The molecule has 1 amide bonds. The van der Waals surface area contributed by atoms with Crippen LogP contribution < -0.4 is 10.9 Å². The van der Waals surface area contributed by atoms with Gasteiger partial charge in [-0.2, -0.15) is 5.10 Å². The fraction of sp³-hybridized carbons (Fsp3) is 0.235. The van der Waals surface area contributed by atoms with E-state index in [0.717, 1.165) is 5.56 Å². The first kappa shape index (κ1) is 17.6. The summed E-state index contributed by atoms with van der Waals surface area (Å²) in [5.41, 5.74) is 1.02. The summed E-state index contributed by atoms with van der Waals surface area (Å²) < 4.78 is 6.32. The summed E-state index contributed by atoms with van der Waals surface area (Å²) in [5.74, 6) is 0. The van der Waals surface area contributed by atoms with E-state index in [1.54, 1.807) is 0 Å². The monoisotopic (exact) mass is 358 g/mol. The van der Waals surface area contributed by atoms with Crippen LogP contribution in [0.3, 0.4) is 0 Å². The molecule has 1 aromatic carbocycles. The standard InChI is InChI=1S/C17H18N4O5/c22-14(7-18-17(25)26-9-11-4-2-1-3-5-11)15(23)12-6-13-16(24)19-10-20-21(13)8-12/h1-6,8,10,14-15,22-23H,7,9H2,(H,18,25)(H,19,20,24). The predicted octanol–water partition coefficient (Wildman–Crippen LogP) is 0.343. The van der Waals surface area contributed by atoms with Gasteiger partial charge in [0.15, 0.2) is 0 Å². The van der Waals surface area contributed by atoms with Gasteiger partial charge in [-0.15, -0.1) is 0 Å². The van der Waals surface area contributed by atoms with Crippen molar-refractivity contribution in [2.75, 3.05) is 6.54 Å². The van der Waals surface area contributed by atoms with Crippen LogP contribution in [0.4, 0.5) is 4.79 Å². The number of aromatic amines is 1. The smallest absolute Gasteiger partial charge is 0.407 e. The second kappa shape index (κ2) is 7.81. The van der Waals surface area contributed by atoms with E-state index in [0.29, 0.717) is 5.56 Å². The fourth-order valence-corrected chi connectivity index (χ4v) is 2.42. The molecule has 2 unspecified atom stereocenters. The Hall–Kier alpha value is -3.17. The number of nitrogens with one attached hydrogen (secondary N) is 2. The number of benzene rings is 1. The molecule has 9 heteroatoms. The first-order valence-corrected chi connectivity index (χ1v) is 7.91. The Labute approximate surface area is 147 Å². The second-order valence-electron chi connectivity index (χ2n) is 5.68. The van der Waals surface area contributed by atoms with E-state index >= 15 is 0 Å². The summed E-state index contributed by atoms with van der Waals surface area (Å²) >= 11 is 0. The minimum Gasteiger partial charge on any atom is -0.445 e. The van der Waals surface area contributed by atoms with Gasteiger partial charge in [-0.1, -0.05) is 30.3 Å². The lowest BCUT2D eigenvalue weighted by Gasteiger charge is -2.17. The Morgan fingerprint density at radius 1 is 1.31 bits per heavy atom. The Morgan fingerprint density at radius 2 is 2.08 bits per heavy atom. The summed E-state index contributed by atoms with van der Waals surface area (Å²) in [7, 11) is 0. The average Bonchev–Trinajstić information content (AvgIpc) is 3.10. The molecule has 26 heavy (non-hydrogen) atoms. The van der Waals surface area contributed by atoms with Gasteiger partial charge in [0.05, 0.1) is 0 Å². The highest BCUT2D eigenvalue weighted by Gasteiger charge is 2.21. The molecule has 0 saturated carbocycles. The molecule has 0 aliphatic carbocycles. The Balaban J connectivity index is 1.53. The summed E-state index contributed by atoms with van der Waals surface area (Å²) in [6, 6.07) is 10.6. The molecule has 0 saturated heterocycles. The number of aliphatic hydroxyl groups is 2. The molecule has 0 fully saturated rings. The number of aliphatic hydroxyl groups excluding tert-OH is 2. The molecule has 4 N–H and O–H groups in total. The maximum atomic E-state index is 11.7. The van der Waals surface area contributed by atoms with Crippen LogP contribution in [0.15, 0.2) is 53.7 Å². The highest BCUT2D eigenvalue weighted by atomic mass is 16.5. The third kappa shape index (κ3) is 4.08. The minimum atomic E-state index is -1.30. The van der Waals surface area contributed by atoms with Crippen molar-refractivity contribution in [2.24, 2.45) is 0 Å². The van der Waals surface area contributed by atoms with Gasteiger partial charge in [0, 0.05) is 18.3 Å². The molecule has 136 valence electrons. The minimum absolute atomic E-state index is 0.102. The predicted molar refractivity (Wildman–Crippen MR) is 91.4 cm³/mol. The highest BCUT2D eigenvalue weighted by molar-refractivity contribution is 5.67. The number of carbonyl (C=O) groups excluding carboxylic acids is 1. The number of amides is 1. The number of hydrogen-bond donors (Lipinski definition) is 4. The van der Waals surface area contributed by atoms with Crippen LogP contribution in [0.1, 0.15) is 17.2 Å². The molecule has 0 spiro atoms. The first-order valence-electron chi connectivity index (χ1n) is 7.91. The Kier molecular flexibility index (Phi) is 5.30. The maximum Gasteiger partial charge on any atom is 0.407 e. The second-order valence-corrected chi connectivity index (χ2v) is 5.68. The zero-order valence-corrected chi connectivity index (χ0v) is 13.7. The van der Waals surface area contributed by atoms with Crippen LogP contribution in [0.2, 0.25) is 0 Å². The van der Waals surface area contributed by atoms with Gasteiger partial charge in [0.25, 0.3) is 5.56 Å². The third-order valence-electron chi connectivity index (χ3n) is 3.81. The molecule has 2 atom stereocenters. The van der Waals surface area contributed by atoms with Gasteiger partial charge in [-0.25, -0.2) is 9.31 Å². The highest BCUT2D eigenvalue weighted by Crippen LogP contribution is 2.18. The van der Waals surface area contributed by atoms with Crippen molar-refractivity contribution in [3.63, 3.8) is 0 Å². The van der Waals surface area contributed by atoms with Crippen LogP contribution in [0.5, 0.6) is 0 Å². The lowest BCUT2D eigenvalue weighted by molar-refractivity contribution is 0.0184. The number of rotatable bonds is 6. The van der Waals surface area contributed by atoms with Crippen molar-refractivity contribution in [2.45, 2.75) is 18.8 Å². The van der Waals surface area contributed by atoms with Crippen molar-refractivity contribution in [3.05, 3.63) is 70.4 Å². The molecule has 0 aliphatic rings. The number of alkyl carbamates (subject to hydrolysis) is 1. The van der Waals surface area contributed by atoms with Gasteiger partial charge in [-0.3, -0.25) is 4.79 Å². The third-order valence-corrected chi connectivity index (χ3v) is 3.81. The number of fused-ring (bicyclic) bond motifs is 1. The van der Waals surface area contributed by atoms with Crippen LogP contribution >= 0.6 is 0 Å². The van der Waals surface area contributed by atoms with Crippen LogP contribution in [-0.4, -0.2) is 43.6 Å². The van der Waals surface area contributed by atoms with E-state index in [4.69, 9.17) is 4.74 Å². The van der Waals surface area contributed by atoms with E-state index in [2.05, 4.69) is 15.4 Å². The van der Waals surface area contributed by atoms with E-state index in [9.17, 15) is 19.8 Å². The van der Waals surface area contributed by atoms with E-state index < -0.39 is 18.3 Å². The fourth-order valence-electron chi connectivity index (χ4n) is 2.42. The number of H-pyrrole nitrogens is 1. The molecule has 0 aliphatic heterocycles. The molecule has 0 radical (unpaired) electrons. The molecule has 3 aromatic rings. The lowest BCUT2D eigenvalue weighted by atomic mass is 10.1. The van der Waals surface area contributed by atoms with Gasteiger partial charge in [0.2, 0.25) is 0 Å². The molecule has 2 heterocycles. The van der Waals surface area contributed by atoms with Gasteiger partial charge < -0.3 is 25.3 Å². The van der Waals surface area contributed by atoms with E-state index in [1.807, 2.05) is 30.3 Å². The van der Waals surface area contributed by atoms with Crippen molar-refractivity contribution in [3.8, 4) is 0 Å². The number of nitrogens with zero attached hydrogens (tertiary/aromatic N) is 2. The zero-order chi connectivity index (χ0) is 18.5. The van der Waals surface area contributed by atoms with Gasteiger partial charge in [0.1, 0.15) is 30.7 Å². The summed E-state index contributed by atoms with van der Waals surface area (Å²) in [5, 5.41) is 26.6. The van der Waals surface area contributed by atoms with Crippen LogP contribution in [-0.2, 0) is 11.3 Å². The number of aromatic nitrogens is 3. The molecule has 3 rings (SSSR count).